The van der Waals surface area contributed by atoms with Crippen molar-refractivity contribution in [3.05, 3.63) is 29.8 Å². The van der Waals surface area contributed by atoms with Crippen molar-refractivity contribution in [1.29, 1.82) is 5.26 Å². The molecule has 0 saturated carbocycles. The maximum Gasteiger partial charge on any atom is 0.243 e. The third-order valence-electron chi connectivity index (χ3n) is 3.15. The minimum absolute atomic E-state index is 0.137. The molecule has 1 saturated heterocycles. The highest BCUT2D eigenvalue weighted by Crippen LogP contribution is 2.19. The van der Waals surface area contributed by atoms with Gasteiger partial charge in [-0.2, -0.15) is 9.57 Å². The highest BCUT2D eigenvalue weighted by molar-refractivity contribution is 7.89. The van der Waals surface area contributed by atoms with Crippen molar-refractivity contribution in [3.8, 4) is 6.07 Å². The van der Waals surface area contributed by atoms with E-state index >= 15 is 0 Å². The number of hydrogen-bond donors (Lipinski definition) is 1. The summed E-state index contributed by atoms with van der Waals surface area (Å²) in [5.74, 6) is 0. The molecule has 7 heteroatoms. The highest BCUT2D eigenvalue weighted by atomic mass is 32.2. The fraction of sp³-hybridized carbons (Fsp3) is 0.462. The van der Waals surface area contributed by atoms with Crippen LogP contribution in [0.2, 0.25) is 0 Å². The normalized spacial score (nSPS) is 20.5. The van der Waals surface area contributed by atoms with Gasteiger partial charge in [-0.1, -0.05) is 0 Å². The van der Waals surface area contributed by atoms with E-state index in [0.29, 0.717) is 31.8 Å². The topological polar surface area (TPSA) is 82.4 Å². The minimum Gasteiger partial charge on any atom is -0.374 e. The molecular weight excluding hydrogens is 278 g/mol. The summed E-state index contributed by atoms with van der Waals surface area (Å²) in [6.45, 7) is 1.69. The van der Waals surface area contributed by atoms with Crippen LogP contribution in [0, 0.1) is 11.3 Å². The Morgan fingerprint density at radius 3 is 2.75 bits per heavy atom. The van der Waals surface area contributed by atoms with Gasteiger partial charge in [0.2, 0.25) is 10.0 Å². The van der Waals surface area contributed by atoms with Gasteiger partial charge in [0.15, 0.2) is 0 Å². The molecule has 1 fully saturated rings. The molecule has 1 N–H and O–H groups in total. The van der Waals surface area contributed by atoms with Crippen LogP contribution >= 0.6 is 0 Å². The van der Waals surface area contributed by atoms with Gasteiger partial charge in [-0.25, -0.2) is 8.42 Å². The third-order valence-corrected chi connectivity index (χ3v) is 5.03. The van der Waals surface area contributed by atoms with E-state index in [4.69, 9.17) is 10.00 Å². The number of hydrogen-bond acceptors (Lipinski definition) is 5. The number of morpholine rings is 1. The lowest BCUT2D eigenvalue weighted by Gasteiger charge is -2.32. The van der Waals surface area contributed by atoms with Crippen LogP contribution in [0.5, 0.6) is 0 Å². The molecule has 20 heavy (non-hydrogen) atoms. The molecule has 0 spiro atoms. The molecule has 0 radical (unpaired) electrons. The Bertz CT molecular complexity index is 590. The highest BCUT2D eigenvalue weighted by Gasteiger charge is 2.30. The number of sulfonamides is 1. The predicted octanol–water partition coefficient (Wildman–Crippen LogP) is 0.167. The van der Waals surface area contributed by atoms with Crippen LogP contribution in [0.25, 0.3) is 0 Å². The summed E-state index contributed by atoms with van der Waals surface area (Å²) in [5, 5.41) is 11.7. The van der Waals surface area contributed by atoms with E-state index in [1.54, 1.807) is 7.05 Å². The Labute approximate surface area is 119 Å². The van der Waals surface area contributed by atoms with E-state index in [1.807, 2.05) is 6.07 Å². The number of nitrogens with one attached hydrogen (secondary N) is 1. The van der Waals surface area contributed by atoms with Gasteiger partial charge in [0.05, 0.1) is 29.2 Å². The van der Waals surface area contributed by atoms with Crippen molar-refractivity contribution in [2.75, 3.05) is 33.3 Å². The smallest absolute Gasteiger partial charge is 0.243 e. The van der Waals surface area contributed by atoms with Crippen LogP contribution in [0.3, 0.4) is 0 Å². The van der Waals surface area contributed by atoms with Gasteiger partial charge in [-0.3, -0.25) is 0 Å². The van der Waals surface area contributed by atoms with Crippen molar-refractivity contribution < 1.29 is 13.2 Å². The molecule has 2 rings (SSSR count). The Morgan fingerprint density at radius 1 is 1.45 bits per heavy atom. The molecule has 1 unspecified atom stereocenters. The molecule has 1 aliphatic rings. The van der Waals surface area contributed by atoms with Crippen LogP contribution in [0.4, 0.5) is 0 Å². The first-order valence-corrected chi connectivity index (χ1v) is 7.78. The van der Waals surface area contributed by atoms with Gasteiger partial charge in [-0.05, 0) is 31.3 Å². The predicted molar refractivity (Wildman–Crippen MR) is 73.6 cm³/mol. The zero-order chi connectivity index (χ0) is 14.6. The number of nitrogens with zero attached hydrogens (tertiary/aromatic N) is 2. The molecule has 6 nitrogen and oxygen atoms in total. The second-order valence-electron chi connectivity index (χ2n) is 4.55. The lowest BCUT2D eigenvalue weighted by molar-refractivity contribution is 0.000824. The average Bonchev–Trinajstić information content (AvgIpc) is 2.48. The van der Waals surface area contributed by atoms with Crippen LogP contribution in [0.15, 0.2) is 29.2 Å². The average molecular weight is 295 g/mol. The molecule has 1 aromatic carbocycles. The molecule has 108 valence electrons. The number of likely N-dealkylation sites (N-methyl/N-ethyl adjacent to an activating group) is 1. The lowest BCUT2D eigenvalue weighted by Crippen LogP contribution is -2.48. The van der Waals surface area contributed by atoms with Crippen LogP contribution in [-0.4, -0.2) is 52.1 Å². The molecule has 0 aliphatic carbocycles. The maximum atomic E-state index is 12.5. The molecule has 0 amide bonds. The van der Waals surface area contributed by atoms with E-state index < -0.39 is 10.0 Å². The summed E-state index contributed by atoms with van der Waals surface area (Å²) in [7, 11) is -1.72. The van der Waals surface area contributed by atoms with Crippen molar-refractivity contribution in [2.24, 2.45) is 0 Å². The first-order chi connectivity index (χ1) is 9.57. The van der Waals surface area contributed by atoms with Gasteiger partial charge >= 0.3 is 0 Å². The quantitative estimate of drug-likeness (QED) is 0.856. The van der Waals surface area contributed by atoms with Gasteiger partial charge in [0, 0.05) is 19.6 Å². The van der Waals surface area contributed by atoms with Crippen molar-refractivity contribution in [1.82, 2.24) is 9.62 Å². The van der Waals surface area contributed by atoms with Crippen LogP contribution < -0.4 is 5.32 Å². The lowest BCUT2D eigenvalue weighted by atomic mass is 10.2. The molecule has 0 aromatic heterocycles. The number of benzene rings is 1. The van der Waals surface area contributed by atoms with Crippen molar-refractivity contribution >= 4 is 10.0 Å². The molecule has 0 bridgehead atoms. The van der Waals surface area contributed by atoms with E-state index in [-0.39, 0.29) is 11.0 Å². The van der Waals surface area contributed by atoms with E-state index in [9.17, 15) is 8.42 Å². The third kappa shape index (κ3) is 3.16. The van der Waals surface area contributed by atoms with E-state index in [0.717, 1.165) is 0 Å². The van der Waals surface area contributed by atoms with Gasteiger partial charge < -0.3 is 10.1 Å². The number of ether oxygens (including phenoxy) is 1. The summed E-state index contributed by atoms with van der Waals surface area (Å²) in [5.41, 5.74) is 0.444. The second kappa shape index (κ2) is 6.33. The van der Waals surface area contributed by atoms with Crippen LogP contribution in [0.1, 0.15) is 5.56 Å². The summed E-state index contributed by atoms with van der Waals surface area (Å²) in [6, 6.07) is 7.93. The molecular formula is C13H17N3O3S. The largest absolute Gasteiger partial charge is 0.374 e. The Hall–Kier alpha value is -1.46. The summed E-state index contributed by atoms with van der Waals surface area (Å²) >= 11 is 0. The zero-order valence-corrected chi connectivity index (χ0v) is 12.1. The molecule has 1 heterocycles. The second-order valence-corrected chi connectivity index (χ2v) is 6.49. The monoisotopic (exact) mass is 295 g/mol. The fourth-order valence-corrected chi connectivity index (χ4v) is 3.57. The zero-order valence-electron chi connectivity index (χ0n) is 11.2. The number of rotatable bonds is 4. The first-order valence-electron chi connectivity index (χ1n) is 6.34. The fourth-order valence-electron chi connectivity index (χ4n) is 2.11. The Balaban J connectivity index is 2.18. The summed E-state index contributed by atoms with van der Waals surface area (Å²) < 4.78 is 31.9. The van der Waals surface area contributed by atoms with E-state index in [1.165, 1.54) is 28.6 Å². The SMILES string of the molecule is CNCC1CN(S(=O)(=O)c2ccc(C#N)cc2)CCO1. The molecule has 1 aromatic rings. The van der Waals surface area contributed by atoms with Gasteiger partial charge in [0.1, 0.15) is 0 Å². The minimum atomic E-state index is -3.52. The Kier molecular flexibility index (Phi) is 4.73. The van der Waals surface area contributed by atoms with Crippen molar-refractivity contribution in [2.45, 2.75) is 11.0 Å². The maximum absolute atomic E-state index is 12.5. The summed E-state index contributed by atoms with van der Waals surface area (Å²) in [4.78, 5) is 0.210. The molecule has 1 aliphatic heterocycles. The summed E-state index contributed by atoms with van der Waals surface area (Å²) in [6.07, 6.45) is -0.137. The van der Waals surface area contributed by atoms with Crippen molar-refractivity contribution in [3.63, 3.8) is 0 Å². The number of nitriles is 1. The Morgan fingerprint density at radius 2 is 2.15 bits per heavy atom. The molecule has 1 atom stereocenters. The van der Waals surface area contributed by atoms with E-state index in [2.05, 4.69) is 5.32 Å². The van der Waals surface area contributed by atoms with Gasteiger partial charge in [-0.15, -0.1) is 0 Å². The standard InChI is InChI=1S/C13H17N3O3S/c1-15-9-12-10-16(6-7-19-12)20(17,18)13-4-2-11(8-14)3-5-13/h2-5,12,15H,6-7,9-10H2,1H3. The first kappa shape index (κ1) is 14.9. The van der Waals surface area contributed by atoms with Gasteiger partial charge in [0.25, 0.3) is 0 Å². The van der Waals surface area contributed by atoms with Crippen LogP contribution in [-0.2, 0) is 14.8 Å².